The number of aromatic nitrogens is 2. The second-order valence-corrected chi connectivity index (χ2v) is 4.92. The summed E-state index contributed by atoms with van der Waals surface area (Å²) in [5, 5.41) is 0. The van der Waals surface area contributed by atoms with Crippen molar-refractivity contribution in [1.82, 2.24) is 9.97 Å². The Morgan fingerprint density at radius 1 is 1.44 bits per heavy atom. The first-order valence-corrected chi connectivity index (χ1v) is 6.31. The van der Waals surface area contributed by atoms with Crippen molar-refractivity contribution in [3.63, 3.8) is 0 Å². The Bertz CT molecular complexity index is 616. The van der Waals surface area contributed by atoms with E-state index in [-0.39, 0.29) is 0 Å². The highest BCUT2D eigenvalue weighted by Crippen LogP contribution is 2.18. The van der Waals surface area contributed by atoms with Gasteiger partial charge in [0.25, 0.3) is 10.1 Å². The fourth-order valence-electron chi connectivity index (χ4n) is 1.58. The van der Waals surface area contributed by atoms with Crippen LogP contribution in [0.1, 0.15) is 11.4 Å². The third-order valence-electron chi connectivity index (χ3n) is 2.23. The number of imidazole rings is 1. The largest absolute Gasteiger partial charge is 0.342 e. The molecule has 0 fully saturated rings. The second-order valence-electron chi connectivity index (χ2n) is 3.47. The number of hydrogen-bond donors (Lipinski definition) is 2. The molecule has 1 radical (unpaired) electrons. The quantitative estimate of drug-likeness (QED) is 0.791. The number of aromatic amines is 1. The van der Waals surface area contributed by atoms with E-state index in [1.165, 1.54) is 0 Å². The van der Waals surface area contributed by atoms with Gasteiger partial charge in [-0.25, -0.2) is 4.98 Å². The van der Waals surface area contributed by atoms with Gasteiger partial charge in [0.1, 0.15) is 11.6 Å². The van der Waals surface area contributed by atoms with E-state index in [1.807, 2.05) is 0 Å². The zero-order chi connectivity index (χ0) is 11.8. The SMILES string of the molecule is [CH2]Cc1nc2cccc(CS(=O)(=O)O)c2[nH]1. The van der Waals surface area contributed by atoms with Crippen molar-refractivity contribution in [1.29, 1.82) is 0 Å². The van der Waals surface area contributed by atoms with Crippen LogP contribution in [0.2, 0.25) is 0 Å². The molecule has 0 aliphatic rings. The molecule has 1 aromatic carbocycles. The van der Waals surface area contributed by atoms with Crippen molar-refractivity contribution < 1.29 is 13.0 Å². The van der Waals surface area contributed by atoms with Gasteiger partial charge in [0.15, 0.2) is 0 Å². The van der Waals surface area contributed by atoms with Crippen LogP contribution in [0.3, 0.4) is 0 Å². The zero-order valence-electron chi connectivity index (χ0n) is 8.47. The smallest absolute Gasteiger partial charge is 0.269 e. The third kappa shape index (κ3) is 2.23. The molecule has 1 heterocycles. The molecule has 0 unspecified atom stereocenters. The van der Waals surface area contributed by atoms with Gasteiger partial charge in [-0.1, -0.05) is 12.1 Å². The highest BCUT2D eigenvalue weighted by atomic mass is 32.2. The molecule has 0 aliphatic heterocycles. The first kappa shape index (κ1) is 11.1. The van der Waals surface area contributed by atoms with Crippen LogP contribution in [0.15, 0.2) is 18.2 Å². The zero-order valence-corrected chi connectivity index (χ0v) is 9.29. The van der Waals surface area contributed by atoms with Gasteiger partial charge in [-0.2, -0.15) is 8.42 Å². The molecule has 0 saturated heterocycles. The predicted octanol–water partition coefficient (Wildman–Crippen LogP) is 1.33. The summed E-state index contributed by atoms with van der Waals surface area (Å²) in [7, 11) is -4.03. The normalized spacial score (nSPS) is 12.1. The first-order chi connectivity index (χ1) is 7.49. The Hall–Kier alpha value is -1.40. The Balaban J connectivity index is 2.57. The minimum Gasteiger partial charge on any atom is -0.342 e. The first-order valence-electron chi connectivity index (χ1n) is 4.70. The Labute approximate surface area is 93.3 Å². The molecule has 0 atom stereocenters. The molecule has 85 valence electrons. The van der Waals surface area contributed by atoms with Crippen LogP contribution in [-0.2, 0) is 22.3 Å². The fraction of sp³-hybridized carbons (Fsp3) is 0.200. The van der Waals surface area contributed by atoms with E-state index in [1.54, 1.807) is 18.2 Å². The van der Waals surface area contributed by atoms with Crippen LogP contribution in [0.25, 0.3) is 11.0 Å². The van der Waals surface area contributed by atoms with E-state index < -0.39 is 15.9 Å². The van der Waals surface area contributed by atoms with Crippen molar-refractivity contribution in [2.45, 2.75) is 12.2 Å². The third-order valence-corrected chi connectivity index (χ3v) is 2.90. The van der Waals surface area contributed by atoms with E-state index >= 15 is 0 Å². The molecule has 16 heavy (non-hydrogen) atoms. The predicted molar refractivity (Wildman–Crippen MR) is 60.4 cm³/mol. The van der Waals surface area contributed by atoms with E-state index in [9.17, 15) is 8.42 Å². The van der Waals surface area contributed by atoms with Gasteiger partial charge < -0.3 is 4.98 Å². The van der Waals surface area contributed by atoms with Gasteiger partial charge in [-0.05, 0) is 18.6 Å². The number of benzene rings is 1. The maximum absolute atomic E-state index is 10.8. The van der Waals surface area contributed by atoms with Crippen molar-refractivity contribution in [2.24, 2.45) is 0 Å². The van der Waals surface area contributed by atoms with Crippen LogP contribution in [0, 0.1) is 6.92 Å². The molecule has 0 amide bonds. The van der Waals surface area contributed by atoms with E-state index in [4.69, 9.17) is 4.55 Å². The van der Waals surface area contributed by atoms with Crippen molar-refractivity contribution in [3.05, 3.63) is 36.5 Å². The molecule has 2 N–H and O–H groups in total. The average molecular weight is 239 g/mol. The van der Waals surface area contributed by atoms with Gasteiger partial charge in [0, 0.05) is 6.42 Å². The van der Waals surface area contributed by atoms with Crippen molar-refractivity contribution in [3.8, 4) is 0 Å². The Morgan fingerprint density at radius 3 is 2.81 bits per heavy atom. The minimum atomic E-state index is -4.03. The number of hydrogen-bond acceptors (Lipinski definition) is 3. The molecule has 6 heteroatoms. The summed E-state index contributed by atoms with van der Waals surface area (Å²) < 4.78 is 30.5. The monoisotopic (exact) mass is 239 g/mol. The maximum atomic E-state index is 10.8. The lowest BCUT2D eigenvalue weighted by Crippen LogP contribution is -2.02. The van der Waals surface area contributed by atoms with Crippen LogP contribution in [0.4, 0.5) is 0 Å². The molecule has 0 bridgehead atoms. The maximum Gasteiger partial charge on any atom is 0.269 e. The molecule has 1 aromatic heterocycles. The summed E-state index contributed by atoms with van der Waals surface area (Å²) in [5.74, 6) is 0.279. The highest BCUT2D eigenvalue weighted by Gasteiger charge is 2.12. The molecule has 0 spiro atoms. The number of nitrogens with one attached hydrogen (secondary N) is 1. The van der Waals surface area contributed by atoms with Gasteiger partial charge >= 0.3 is 0 Å². The number of rotatable bonds is 3. The lowest BCUT2D eigenvalue weighted by molar-refractivity contribution is 0.482. The highest BCUT2D eigenvalue weighted by molar-refractivity contribution is 7.85. The van der Waals surface area contributed by atoms with Gasteiger partial charge in [-0.15, -0.1) is 0 Å². The fourth-order valence-corrected chi connectivity index (χ4v) is 2.21. The molecular formula is C10H11N2O3S. The number of fused-ring (bicyclic) bond motifs is 1. The Kier molecular flexibility index (Phi) is 2.69. The average Bonchev–Trinajstić information content (AvgIpc) is 2.59. The molecule has 0 saturated carbocycles. The van der Waals surface area contributed by atoms with Gasteiger partial charge in [0.05, 0.1) is 11.0 Å². The van der Waals surface area contributed by atoms with Crippen molar-refractivity contribution in [2.75, 3.05) is 0 Å². The van der Waals surface area contributed by atoms with Crippen LogP contribution in [0.5, 0.6) is 0 Å². The summed E-state index contributed by atoms with van der Waals surface area (Å²) >= 11 is 0. The molecule has 5 nitrogen and oxygen atoms in total. The molecular weight excluding hydrogens is 228 g/mol. The van der Waals surface area contributed by atoms with Crippen molar-refractivity contribution >= 4 is 21.2 Å². The van der Waals surface area contributed by atoms with Gasteiger partial charge in [0.2, 0.25) is 0 Å². The van der Waals surface area contributed by atoms with Crippen LogP contribution < -0.4 is 0 Å². The van der Waals surface area contributed by atoms with E-state index in [2.05, 4.69) is 16.9 Å². The van der Waals surface area contributed by atoms with E-state index in [0.717, 1.165) is 0 Å². The molecule has 0 aliphatic carbocycles. The standard InChI is InChI=1S/C10H11N2O3S/c1-2-9-11-8-5-3-4-7(10(8)12-9)6-16(13,14)15/h3-5H,1-2,6H2,(H,11,12)(H,13,14,15). The summed E-state index contributed by atoms with van der Waals surface area (Å²) in [5.41, 5.74) is 1.82. The van der Waals surface area contributed by atoms with Gasteiger partial charge in [-0.3, -0.25) is 4.55 Å². The summed E-state index contributed by atoms with van der Waals surface area (Å²) in [6.07, 6.45) is 0.500. The Morgan fingerprint density at radius 2 is 2.19 bits per heavy atom. The topological polar surface area (TPSA) is 83.1 Å². The molecule has 2 rings (SSSR count). The second kappa shape index (κ2) is 3.88. The summed E-state index contributed by atoms with van der Waals surface area (Å²) in [6.45, 7) is 3.69. The van der Waals surface area contributed by atoms with Crippen LogP contribution in [-0.4, -0.2) is 22.9 Å². The van der Waals surface area contributed by atoms with Crippen LogP contribution >= 0.6 is 0 Å². The number of H-pyrrole nitrogens is 1. The minimum absolute atomic E-state index is 0.414. The number of nitrogens with zero attached hydrogens (tertiary/aromatic N) is 1. The summed E-state index contributed by atoms with van der Waals surface area (Å²) in [4.78, 5) is 7.21. The lowest BCUT2D eigenvalue weighted by atomic mass is 10.2. The number of para-hydroxylation sites is 1. The lowest BCUT2D eigenvalue weighted by Gasteiger charge is -1.99. The molecule has 2 aromatic rings. The van der Waals surface area contributed by atoms with E-state index in [0.29, 0.717) is 28.8 Å². The summed E-state index contributed by atoms with van der Waals surface area (Å²) in [6, 6.07) is 5.12.